The Bertz CT molecular complexity index is 972. The number of carbonyl (C=O) groups is 2. The number of nitriles is 1. The summed E-state index contributed by atoms with van der Waals surface area (Å²) in [6.45, 7) is 3.98. The second-order valence-corrected chi connectivity index (χ2v) is 7.87. The zero-order valence-electron chi connectivity index (χ0n) is 16.0. The van der Waals surface area contributed by atoms with Gasteiger partial charge in [0.2, 0.25) is 5.91 Å². The Balaban J connectivity index is 2.03. The highest BCUT2D eigenvalue weighted by Crippen LogP contribution is 2.41. The van der Waals surface area contributed by atoms with Crippen molar-refractivity contribution in [2.75, 3.05) is 11.9 Å². The van der Waals surface area contributed by atoms with Gasteiger partial charge in [-0.3, -0.25) is 14.5 Å². The molecule has 1 fully saturated rings. The number of nitrogens with one attached hydrogen (secondary N) is 1. The molecule has 2 aromatic rings. The maximum Gasteiger partial charge on any atom is 0.264 e. The van der Waals surface area contributed by atoms with Crippen molar-refractivity contribution in [2.24, 2.45) is 0 Å². The second kappa shape index (κ2) is 8.32. The average Bonchev–Trinajstić information content (AvgIpc) is 3.00. The molecule has 0 saturated carbocycles. The minimum absolute atomic E-state index is 0.0483. The summed E-state index contributed by atoms with van der Waals surface area (Å²) in [5.41, 5.74) is 3.87. The first kappa shape index (κ1) is 19.7. The van der Waals surface area contributed by atoms with Crippen LogP contribution >= 0.6 is 11.8 Å². The number of amides is 2. The van der Waals surface area contributed by atoms with Crippen LogP contribution in [-0.2, 0) is 16.0 Å². The summed E-state index contributed by atoms with van der Waals surface area (Å²) in [5.74, 6) is -0.619. The quantitative estimate of drug-likeness (QED) is 0.640. The number of hydrogen-bond donors (Lipinski definition) is 1. The molecule has 142 valence electrons. The van der Waals surface area contributed by atoms with Gasteiger partial charge >= 0.3 is 0 Å². The van der Waals surface area contributed by atoms with E-state index in [1.54, 1.807) is 0 Å². The largest absolute Gasteiger partial charge is 0.354 e. The molecule has 0 radical (unpaired) electrons. The van der Waals surface area contributed by atoms with E-state index in [9.17, 15) is 14.9 Å². The van der Waals surface area contributed by atoms with E-state index in [0.717, 1.165) is 16.7 Å². The number of likely N-dealkylation sites (N-methyl/N-ethyl adjacent to an activating group) is 1. The van der Waals surface area contributed by atoms with Crippen LogP contribution in [-0.4, -0.2) is 24.1 Å². The third-order valence-corrected chi connectivity index (χ3v) is 5.83. The Morgan fingerprint density at radius 3 is 2.21 bits per heavy atom. The monoisotopic (exact) mass is 391 g/mol. The lowest BCUT2D eigenvalue weighted by atomic mass is 10.1. The molecule has 28 heavy (non-hydrogen) atoms. The Hall–Kier alpha value is -3.04. The highest BCUT2D eigenvalue weighted by atomic mass is 32.2. The van der Waals surface area contributed by atoms with Gasteiger partial charge in [0.15, 0.2) is 0 Å². The van der Waals surface area contributed by atoms with Gasteiger partial charge in [-0.1, -0.05) is 59.3 Å². The molecule has 0 unspecified atom stereocenters. The van der Waals surface area contributed by atoms with Crippen LogP contribution in [0.2, 0.25) is 0 Å². The molecule has 1 saturated heterocycles. The number of hydrogen-bond acceptors (Lipinski definition) is 4. The Labute approximate surface area is 169 Å². The average molecular weight is 391 g/mol. The number of rotatable bonds is 4. The third kappa shape index (κ3) is 3.95. The molecule has 3 rings (SSSR count). The van der Waals surface area contributed by atoms with Crippen molar-refractivity contribution in [3.05, 3.63) is 75.8 Å². The van der Waals surface area contributed by atoms with Crippen LogP contribution < -0.4 is 10.2 Å². The molecular formula is C22H21N3O2S. The van der Waals surface area contributed by atoms with E-state index in [-0.39, 0.29) is 11.5 Å². The normalized spacial score (nSPS) is 18.0. The third-order valence-electron chi connectivity index (χ3n) is 4.57. The van der Waals surface area contributed by atoms with Crippen molar-refractivity contribution in [1.82, 2.24) is 5.32 Å². The molecule has 0 aliphatic carbocycles. The molecule has 1 atom stereocenters. The van der Waals surface area contributed by atoms with Gasteiger partial charge in [0.1, 0.15) is 16.7 Å². The maximum absolute atomic E-state index is 13.2. The first-order chi connectivity index (χ1) is 13.4. The highest BCUT2D eigenvalue weighted by Gasteiger charge is 2.40. The van der Waals surface area contributed by atoms with Crippen molar-refractivity contribution in [3.8, 4) is 6.07 Å². The predicted octanol–water partition coefficient (Wildman–Crippen LogP) is 3.48. The summed E-state index contributed by atoms with van der Waals surface area (Å²) in [5, 5.41) is 12.0. The Morgan fingerprint density at radius 2 is 1.68 bits per heavy atom. The summed E-state index contributed by atoms with van der Waals surface area (Å²) in [6, 6.07) is 17.5. The molecular weight excluding hydrogens is 370 g/mol. The molecule has 2 aromatic carbocycles. The smallest absolute Gasteiger partial charge is 0.264 e. The standard InChI is InChI=1S/C22H21N3O2S/c1-14-4-8-16(9-5-14)12-19-21(27)25(17-10-6-15(2)7-11-17)22(28-19)18(13-23)20(26)24-3/h4-11,19H,12H2,1-3H3,(H,24,26)/b22-18-/t19-/m0/s1. The molecule has 1 N–H and O–H groups in total. The van der Waals surface area contributed by atoms with Crippen LogP contribution in [0.25, 0.3) is 0 Å². The highest BCUT2D eigenvalue weighted by molar-refractivity contribution is 8.05. The number of carbonyl (C=O) groups excluding carboxylic acids is 2. The maximum atomic E-state index is 13.2. The van der Waals surface area contributed by atoms with Gasteiger partial charge < -0.3 is 5.32 Å². The summed E-state index contributed by atoms with van der Waals surface area (Å²) < 4.78 is 0. The van der Waals surface area contributed by atoms with E-state index in [4.69, 9.17) is 0 Å². The van der Waals surface area contributed by atoms with Gasteiger partial charge in [-0.15, -0.1) is 0 Å². The van der Waals surface area contributed by atoms with E-state index < -0.39 is 11.2 Å². The zero-order valence-corrected chi connectivity index (χ0v) is 16.8. The molecule has 0 bridgehead atoms. The summed E-state index contributed by atoms with van der Waals surface area (Å²) in [7, 11) is 1.47. The van der Waals surface area contributed by atoms with E-state index >= 15 is 0 Å². The first-order valence-electron chi connectivity index (χ1n) is 8.94. The summed E-state index contributed by atoms with van der Waals surface area (Å²) in [4.78, 5) is 27.0. The molecule has 0 spiro atoms. The number of anilines is 1. The first-order valence-corrected chi connectivity index (χ1v) is 9.82. The second-order valence-electron chi connectivity index (χ2n) is 6.68. The lowest BCUT2D eigenvalue weighted by Crippen LogP contribution is -2.31. The van der Waals surface area contributed by atoms with Gasteiger partial charge in [-0.2, -0.15) is 5.26 Å². The van der Waals surface area contributed by atoms with Crippen LogP contribution in [0.1, 0.15) is 16.7 Å². The Morgan fingerprint density at radius 1 is 1.11 bits per heavy atom. The molecule has 1 aliphatic rings. The predicted molar refractivity (Wildman–Crippen MR) is 112 cm³/mol. The molecule has 5 nitrogen and oxygen atoms in total. The minimum Gasteiger partial charge on any atom is -0.354 e. The topological polar surface area (TPSA) is 73.2 Å². The van der Waals surface area contributed by atoms with Crippen molar-refractivity contribution in [1.29, 1.82) is 5.26 Å². The van der Waals surface area contributed by atoms with Crippen LogP contribution in [0.4, 0.5) is 5.69 Å². The summed E-state index contributed by atoms with van der Waals surface area (Å²) in [6.07, 6.45) is 0.530. The molecule has 2 amide bonds. The Kier molecular flexibility index (Phi) is 5.86. The van der Waals surface area contributed by atoms with E-state index in [1.807, 2.05) is 68.4 Å². The van der Waals surface area contributed by atoms with Gasteiger partial charge in [0.25, 0.3) is 5.91 Å². The van der Waals surface area contributed by atoms with Gasteiger partial charge in [0, 0.05) is 12.7 Å². The fraction of sp³-hybridized carbons (Fsp3) is 0.227. The van der Waals surface area contributed by atoms with Crippen molar-refractivity contribution >= 4 is 29.3 Å². The van der Waals surface area contributed by atoms with Crippen molar-refractivity contribution in [2.45, 2.75) is 25.5 Å². The number of nitrogens with zero attached hydrogens (tertiary/aromatic N) is 2. The van der Waals surface area contributed by atoms with Gasteiger partial charge in [-0.25, -0.2) is 0 Å². The summed E-state index contributed by atoms with van der Waals surface area (Å²) >= 11 is 1.27. The number of aryl methyl sites for hydroxylation is 2. The van der Waals surface area contributed by atoms with Gasteiger partial charge in [-0.05, 0) is 38.0 Å². The molecule has 6 heteroatoms. The fourth-order valence-electron chi connectivity index (χ4n) is 2.98. The van der Waals surface area contributed by atoms with Gasteiger partial charge in [0.05, 0.1) is 5.25 Å². The van der Waals surface area contributed by atoms with Crippen molar-refractivity contribution < 1.29 is 9.59 Å². The van der Waals surface area contributed by atoms with Crippen molar-refractivity contribution in [3.63, 3.8) is 0 Å². The van der Waals surface area contributed by atoms with Crippen LogP contribution in [0, 0.1) is 25.2 Å². The van der Waals surface area contributed by atoms with Crippen LogP contribution in [0.15, 0.2) is 59.1 Å². The number of thioether (sulfide) groups is 1. The minimum atomic E-state index is -0.495. The molecule has 0 aromatic heterocycles. The molecule has 1 aliphatic heterocycles. The van der Waals surface area contributed by atoms with Crippen LogP contribution in [0.5, 0.6) is 0 Å². The van der Waals surface area contributed by atoms with E-state index in [0.29, 0.717) is 17.1 Å². The lowest BCUT2D eigenvalue weighted by molar-refractivity contribution is -0.117. The lowest BCUT2D eigenvalue weighted by Gasteiger charge is -2.18. The SMILES string of the molecule is CNC(=O)/C(C#N)=C1\S[C@@H](Cc2ccc(C)cc2)C(=O)N1c1ccc(C)cc1. The van der Waals surface area contributed by atoms with Crippen LogP contribution in [0.3, 0.4) is 0 Å². The van der Waals surface area contributed by atoms with E-state index in [1.165, 1.54) is 23.7 Å². The van der Waals surface area contributed by atoms with E-state index in [2.05, 4.69) is 5.32 Å². The fourth-order valence-corrected chi connectivity index (χ4v) is 4.29. The molecule has 1 heterocycles. The number of benzene rings is 2. The zero-order chi connectivity index (χ0) is 20.3.